The van der Waals surface area contributed by atoms with Crippen LogP contribution in [0.1, 0.15) is 50.7 Å². The molecule has 1 saturated carbocycles. The van der Waals surface area contributed by atoms with Gasteiger partial charge in [-0.25, -0.2) is 13.1 Å². The van der Waals surface area contributed by atoms with Gasteiger partial charge in [-0.05, 0) is 62.8 Å². The molecule has 0 heterocycles. The molecule has 36 heavy (non-hydrogen) atoms. The van der Waals surface area contributed by atoms with Crippen LogP contribution in [0.5, 0.6) is 0 Å². The second kappa shape index (κ2) is 13.5. The third-order valence-corrected chi connectivity index (χ3v) is 7.63. The summed E-state index contributed by atoms with van der Waals surface area (Å²) in [5.41, 5.74) is 1.81. The number of carbonyl (C=O) groups is 2. The molecular formula is C27H37N3O5S. The summed E-state index contributed by atoms with van der Waals surface area (Å²) in [6.07, 6.45) is 3.12. The lowest BCUT2D eigenvalue weighted by molar-refractivity contribution is -0.140. The SMILES string of the molecule is CCOCCCNC(=O)[C@@H](C)N(Cc1ccccc1)C(=O)CCc1ccc(S(=O)(=O)NC2CC2)cc1. The maximum absolute atomic E-state index is 13.3. The first kappa shape index (κ1) is 27.8. The number of nitrogens with zero attached hydrogens (tertiary/aromatic N) is 1. The Balaban J connectivity index is 1.60. The predicted molar refractivity (Wildman–Crippen MR) is 139 cm³/mol. The van der Waals surface area contributed by atoms with E-state index in [4.69, 9.17) is 4.74 Å². The van der Waals surface area contributed by atoms with Crippen LogP contribution in [0.15, 0.2) is 59.5 Å². The van der Waals surface area contributed by atoms with Crippen molar-refractivity contribution in [2.75, 3.05) is 19.8 Å². The van der Waals surface area contributed by atoms with Gasteiger partial charge in [0.1, 0.15) is 6.04 Å². The quantitative estimate of drug-likeness (QED) is 0.355. The van der Waals surface area contributed by atoms with Gasteiger partial charge < -0.3 is 15.0 Å². The zero-order valence-electron chi connectivity index (χ0n) is 21.1. The van der Waals surface area contributed by atoms with Crippen LogP contribution in [0.3, 0.4) is 0 Å². The Kier molecular flexibility index (Phi) is 10.5. The average molecular weight is 516 g/mol. The van der Waals surface area contributed by atoms with Crippen LogP contribution in [0.2, 0.25) is 0 Å². The molecule has 1 atom stereocenters. The van der Waals surface area contributed by atoms with Crippen molar-refractivity contribution < 1.29 is 22.7 Å². The highest BCUT2D eigenvalue weighted by Crippen LogP contribution is 2.22. The van der Waals surface area contributed by atoms with Crippen LogP contribution in [0.4, 0.5) is 0 Å². The minimum absolute atomic E-state index is 0.0479. The van der Waals surface area contributed by atoms with E-state index in [2.05, 4.69) is 10.0 Å². The summed E-state index contributed by atoms with van der Waals surface area (Å²) in [7, 11) is -3.50. The van der Waals surface area contributed by atoms with E-state index in [-0.39, 0.29) is 29.2 Å². The molecule has 0 radical (unpaired) electrons. The highest BCUT2D eigenvalue weighted by atomic mass is 32.2. The van der Waals surface area contributed by atoms with E-state index < -0.39 is 16.1 Å². The first-order valence-corrected chi connectivity index (χ1v) is 14.1. The van der Waals surface area contributed by atoms with Crippen LogP contribution in [-0.2, 0) is 37.3 Å². The molecule has 0 aromatic heterocycles. The molecule has 9 heteroatoms. The summed E-state index contributed by atoms with van der Waals surface area (Å²) in [6, 6.07) is 15.6. The number of aryl methyl sites for hydroxylation is 1. The Labute approximate surface area is 214 Å². The molecule has 0 spiro atoms. The van der Waals surface area contributed by atoms with Crippen LogP contribution < -0.4 is 10.0 Å². The Hall–Kier alpha value is -2.75. The third kappa shape index (κ3) is 8.72. The fourth-order valence-electron chi connectivity index (χ4n) is 3.76. The summed E-state index contributed by atoms with van der Waals surface area (Å²) in [4.78, 5) is 27.9. The van der Waals surface area contributed by atoms with E-state index in [0.29, 0.717) is 39.1 Å². The Morgan fingerprint density at radius 1 is 1.06 bits per heavy atom. The molecule has 0 bridgehead atoms. The monoisotopic (exact) mass is 515 g/mol. The first-order chi connectivity index (χ1) is 17.3. The first-order valence-electron chi connectivity index (χ1n) is 12.6. The fourth-order valence-corrected chi connectivity index (χ4v) is 5.06. The van der Waals surface area contributed by atoms with Crippen LogP contribution in [0, 0.1) is 0 Å². The van der Waals surface area contributed by atoms with Gasteiger partial charge in [0.05, 0.1) is 4.90 Å². The maximum Gasteiger partial charge on any atom is 0.242 e. The van der Waals surface area contributed by atoms with Crippen molar-refractivity contribution in [2.24, 2.45) is 0 Å². The van der Waals surface area contributed by atoms with E-state index in [1.165, 1.54) is 0 Å². The Morgan fingerprint density at radius 3 is 2.39 bits per heavy atom. The highest BCUT2D eigenvalue weighted by Gasteiger charge is 2.28. The van der Waals surface area contributed by atoms with E-state index in [1.807, 2.05) is 37.3 Å². The summed E-state index contributed by atoms with van der Waals surface area (Å²) in [6.45, 7) is 5.70. The second-order valence-electron chi connectivity index (χ2n) is 9.06. The zero-order valence-corrected chi connectivity index (χ0v) is 21.9. The zero-order chi connectivity index (χ0) is 26.0. The molecule has 0 saturated heterocycles. The van der Waals surface area contributed by atoms with Gasteiger partial charge in [-0.15, -0.1) is 0 Å². The summed E-state index contributed by atoms with van der Waals surface area (Å²) < 4.78 is 32.7. The lowest BCUT2D eigenvalue weighted by Crippen LogP contribution is -2.48. The van der Waals surface area contributed by atoms with Crippen LogP contribution >= 0.6 is 0 Å². The number of hydrogen-bond acceptors (Lipinski definition) is 5. The molecule has 1 aliphatic carbocycles. The van der Waals surface area contributed by atoms with Crippen molar-refractivity contribution in [1.82, 2.24) is 14.9 Å². The molecule has 2 N–H and O–H groups in total. The largest absolute Gasteiger partial charge is 0.382 e. The maximum atomic E-state index is 13.3. The number of benzene rings is 2. The van der Waals surface area contributed by atoms with Crippen LogP contribution in [-0.4, -0.2) is 57.0 Å². The third-order valence-electron chi connectivity index (χ3n) is 6.09. The minimum atomic E-state index is -3.50. The summed E-state index contributed by atoms with van der Waals surface area (Å²) in [5.74, 6) is -0.337. The van der Waals surface area contributed by atoms with Gasteiger partial charge in [-0.1, -0.05) is 42.5 Å². The molecule has 1 fully saturated rings. The molecule has 0 unspecified atom stereocenters. The highest BCUT2D eigenvalue weighted by molar-refractivity contribution is 7.89. The number of nitrogens with one attached hydrogen (secondary N) is 2. The van der Waals surface area contributed by atoms with E-state index in [9.17, 15) is 18.0 Å². The number of carbonyl (C=O) groups excluding carboxylic acids is 2. The smallest absolute Gasteiger partial charge is 0.242 e. The van der Waals surface area contributed by atoms with Gasteiger partial charge in [0, 0.05) is 38.8 Å². The van der Waals surface area contributed by atoms with Gasteiger partial charge in [0.25, 0.3) is 0 Å². The van der Waals surface area contributed by atoms with Crippen molar-refractivity contribution in [3.63, 3.8) is 0 Å². The van der Waals surface area contributed by atoms with E-state index >= 15 is 0 Å². The molecule has 1 aliphatic rings. The van der Waals surface area contributed by atoms with Crippen molar-refractivity contribution in [1.29, 1.82) is 0 Å². The number of sulfonamides is 1. The van der Waals surface area contributed by atoms with Gasteiger partial charge in [-0.2, -0.15) is 0 Å². The summed E-state index contributed by atoms with van der Waals surface area (Å²) >= 11 is 0. The van der Waals surface area contributed by atoms with E-state index in [1.54, 1.807) is 36.1 Å². The van der Waals surface area contributed by atoms with Gasteiger partial charge >= 0.3 is 0 Å². The second-order valence-corrected chi connectivity index (χ2v) is 10.8. The topological polar surface area (TPSA) is 105 Å². The van der Waals surface area contributed by atoms with Crippen molar-refractivity contribution in [3.8, 4) is 0 Å². The summed E-state index contributed by atoms with van der Waals surface area (Å²) in [5, 5.41) is 2.90. The predicted octanol–water partition coefficient (Wildman–Crippen LogP) is 3.02. The number of ether oxygens (including phenoxy) is 1. The normalized spacial score (nSPS) is 14.3. The van der Waals surface area contributed by atoms with Crippen LogP contribution in [0.25, 0.3) is 0 Å². The lowest BCUT2D eigenvalue weighted by atomic mass is 10.1. The minimum Gasteiger partial charge on any atom is -0.382 e. The molecule has 0 aliphatic heterocycles. The van der Waals surface area contributed by atoms with Crippen molar-refractivity contribution >= 4 is 21.8 Å². The fraction of sp³-hybridized carbons (Fsp3) is 0.481. The van der Waals surface area contributed by atoms with Crippen molar-refractivity contribution in [2.45, 2.75) is 69.5 Å². The lowest BCUT2D eigenvalue weighted by Gasteiger charge is -2.29. The molecule has 2 aromatic carbocycles. The number of rotatable bonds is 15. The Bertz CT molecular complexity index is 1090. The van der Waals surface area contributed by atoms with Gasteiger partial charge in [-0.3, -0.25) is 9.59 Å². The Morgan fingerprint density at radius 2 is 1.75 bits per heavy atom. The molecular weight excluding hydrogens is 478 g/mol. The molecule has 3 rings (SSSR count). The molecule has 8 nitrogen and oxygen atoms in total. The number of amides is 2. The molecule has 2 aromatic rings. The van der Waals surface area contributed by atoms with E-state index in [0.717, 1.165) is 24.0 Å². The average Bonchev–Trinajstić information content (AvgIpc) is 3.69. The van der Waals surface area contributed by atoms with Gasteiger partial charge in [0.2, 0.25) is 21.8 Å². The molecule has 196 valence electrons. The standard InChI is InChI=1S/C27H37N3O5S/c1-3-35-19-7-18-28-27(32)21(2)30(20-23-8-5-4-6-9-23)26(31)17-12-22-10-15-25(16-11-22)36(33,34)29-24-13-14-24/h4-6,8-11,15-16,21,24,29H,3,7,12-14,17-20H2,1-2H3,(H,28,32)/t21-/m1/s1. The van der Waals surface area contributed by atoms with Gasteiger partial charge in [0.15, 0.2) is 0 Å². The number of hydrogen-bond donors (Lipinski definition) is 2. The van der Waals surface area contributed by atoms with Crippen molar-refractivity contribution in [3.05, 3.63) is 65.7 Å². The molecule has 2 amide bonds.